The molecule has 4 rings (SSSR count). The molecule has 0 aliphatic rings. The van der Waals surface area contributed by atoms with E-state index in [2.05, 4.69) is 16.3 Å². The first kappa shape index (κ1) is 17.9. The molecule has 3 aromatic carbocycles. The van der Waals surface area contributed by atoms with Gasteiger partial charge in [-0.1, -0.05) is 59.7 Å². The standard InChI is InChI=1S/C24H21N3O/c1-16-9-12-19(13-10-16)25-26-22-20-15-17(2)11-14-21(20)27(3)23(22)24(28)18-7-5-4-6-8-18/h4-15H,1-3H3. The van der Waals surface area contributed by atoms with Gasteiger partial charge in [-0.05, 0) is 38.1 Å². The molecule has 4 heteroatoms. The van der Waals surface area contributed by atoms with Gasteiger partial charge in [-0.15, -0.1) is 5.11 Å². The van der Waals surface area contributed by atoms with Gasteiger partial charge in [0.25, 0.3) is 0 Å². The van der Waals surface area contributed by atoms with E-state index in [1.165, 1.54) is 5.56 Å². The second-order valence-corrected chi connectivity index (χ2v) is 7.01. The number of fused-ring (bicyclic) bond motifs is 1. The second kappa shape index (κ2) is 7.24. The first-order chi connectivity index (χ1) is 13.5. The van der Waals surface area contributed by atoms with Crippen molar-refractivity contribution in [2.24, 2.45) is 17.3 Å². The number of azo groups is 1. The number of ketones is 1. The molecular formula is C24H21N3O. The van der Waals surface area contributed by atoms with Crippen LogP contribution in [-0.4, -0.2) is 10.4 Å². The van der Waals surface area contributed by atoms with E-state index in [0.29, 0.717) is 16.9 Å². The zero-order valence-corrected chi connectivity index (χ0v) is 16.2. The summed E-state index contributed by atoms with van der Waals surface area (Å²) in [6.07, 6.45) is 0. The Kier molecular flexibility index (Phi) is 4.62. The highest BCUT2D eigenvalue weighted by Gasteiger charge is 2.22. The molecule has 0 bridgehead atoms. The van der Waals surface area contributed by atoms with Gasteiger partial charge in [0.2, 0.25) is 5.78 Å². The normalized spacial score (nSPS) is 11.4. The number of rotatable bonds is 4. The van der Waals surface area contributed by atoms with Gasteiger partial charge in [0.1, 0.15) is 11.4 Å². The highest BCUT2D eigenvalue weighted by molar-refractivity contribution is 6.16. The average molecular weight is 367 g/mol. The predicted octanol–water partition coefficient (Wildman–Crippen LogP) is 6.44. The van der Waals surface area contributed by atoms with Crippen LogP contribution in [0.5, 0.6) is 0 Å². The topological polar surface area (TPSA) is 46.7 Å². The van der Waals surface area contributed by atoms with Gasteiger partial charge in [0.15, 0.2) is 0 Å². The molecule has 4 nitrogen and oxygen atoms in total. The SMILES string of the molecule is Cc1ccc(N=Nc2c(C(=O)c3ccccc3)n(C)c3ccc(C)cc23)cc1. The Hall–Kier alpha value is -3.53. The lowest BCUT2D eigenvalue weighted by Gasteiger charge is -2.04. The van der Waals surface area contributed by atoms with Gasteiger partial charge in [0, 0.05) is 18.0 Å². The number of aromatic nitrogens is 1. The summed E-state index contributed by atoms with van der Waals surface area (Å²) in [5.74, 6) is -0.0604. The van der Waals surface area contributed by atoms with Crippen molar-refractivity contribution in [2.75, 3.05) is 0 Å². The highest BCUT2D eigenvalue weighted by Crippen LogP contribution is 2.36. The molecule has 0 fully saturated rings. The van der Waals surface area contributed by atoms with Crippen LogP contribution in [0.2, 0.25) is 0 Å². The number of aryl methyl sites for hydroxylation is 3. The summed E-state index contributed by atoms with van der Waals surface area (Å²) in [6, 6.07) is 23.3. The Balaban J connectivity index is 1.91. The Morgan fingerprint density at radius 3 is 2.21 bits per heavy atom. The zero-order chi connectivity index (χ0) is 19.7. The minimum Gasteiger partial charge on any atom is -0.339 e. The fourth-order valence-corrected chi connectivity index (χ4v) is 3.35. The van der Waals surface area contributed by atoms with Crippen molar-refractivity contribution in [1.82, 2.24) is 4.57 Å². The van der Waals surface area contributed by atoms with E-state index >= 15 is 0 Å². The highest BCUT2D eigenvalue weighted by atomic mass is 16.1. The summed E-state index contributed by atoms with van der Waals surface area (Å²) in [4.78, 5) is 13.3. The second-order valence-electron chi connectivity index (χ2n) is 7.01. The molecule has 0 saturated carbocycles. The van der Waals surface area contributed by atoms with E-state index < -0.39 is 0 Å². The molecule has 138 valence electrons. The number of nitrogens with zero attached hydrogens (tertiary/aromatic N) is 3. The number of carbonyl (C=O) groups excluding carboxylic acids is 1. The lowest BCUT2D eigenvalue weighted by molar-refractivity contribution is 0.103. The first-order valence-corrected chi connectivity index (χ1v) is 9.22. The van der Waals surface area contributed by atoms with E-state index in [1.54, 1.807) is 0 Å². The van der Waals surface area contributed by atoms with Crippen LogP contribution >= 0.6 is 0 Å². The molecule has 0 spiro atoms. The third-order valence-corrected chi connectivity index (χ3v) is 4.88. The fourth-order valence-electron chi connectivity index (χ4n) is 3.35. The molecule has 4 aromatic rings. The van der Waals surface area contributed by atoms with Gasteiger partial charge in [-0.3, -0.25) is 4.79 Å². The van der Waals surface area contributed by atoms with E-state index in [9.17, 15) is 4.79 Å². The summed E-state index contributed by atoms with van der Waals surface area (Å²) < 4.78 is 1.91. The molecule has 0 aliphatic heterocycles. The van der Waals surface area contributed by atoms with Gasteiger partial charge >= 0.3 is 0 Å². The summed E-state index contributed by atoms with van der Waals surface area (Å²) >= 11 is 0. The molecule has 0 unspecified atom stereocenters. The van der Waals surface area contributed by atoms with Crippen LogP contribution in [0.25, 0.3) is 10.9 Å². The van der Waals surface area contributed by atoms with Crippen LogP contribution in [0.1, 0.15) is 27.2 Å². The molecule has 0 N–H and O–H groups in total. The number of hydrogen-bond acceptors (Lipinski definition) is 3. The molecule has 0 aliphatic carbocycles. The summed E-state index contributed by atoms with van der Waals surface area (Å²) in [5, 5.41) is 9.86. The molecule has 28 heavy (non-hydrogen) atoms. The van der Waals surface area contributed by atoms with Crippen LogP contribution in [0.15, 0.2) is 83.0 Å². The van der Waals surface area contributed by atoms with Crippen molar-refractivity contribution in [1.29, 1.82) is 0 Å². The Bertz CT molecular complexity index is 1190. The lowest BCUT2D eigenvalue weighted by atomic mass is 10.1. The third-order valence-electron chi connectivity index (χ3n) is 4.88. The van der Waals surface area contributed by atoms with Crippen molar-refractivity contribution in [2.45, 2.75) is 13.8 Å². The van der Waals surface area contributed by atoms with Gasteiger partial charge in [0.05, 0.1) is 11.2 Å². The summed E-state index contributed by atoms with van der Waals surface area (Å²) in [5.41, 5.74) is 5.79. The smallest absolute Gasteiger partial charge is 0.211 e. The van der Waals surface area contributed by atoms with Crippen molar-refractivity contribution in [3.8, 4) is 0 Å². The quantitative estimate of drug-likeness (QED) is 0.302. The van der Waals surface area contributed by atoms with E-state index in [0.717, 1.165) is 22.2 Å². The Morgan fingerprint density at radius 2 is 1.50 bits per heavy atom. The molecule has 0 atom stereocenters. The minimum absolute atomic E-state index is 0.0604. The van der Waals surface area contributed by atoms with E-state index in [4.69, 9.17) is 0 Å². The molecule has 1 heterocycles. The van der Waals surface area contributed by atoms with E-state index in [1.807, 2.05) is 92.2 Å². The molecule has 0 radical (unpaired) electrons. The van der Waals surface area contributed by atoms with Gasteiger partial charge in [-0.2, -0.15) is 5.11 Å². The molecular weight excluding hydrogens is 346 g/mol. The fraction of sp³-hybridized carbons (Fsp3) is 0.125. The predicted molar refractivity (Wildman–Crippen MR) is 113 cm³/mol. The largest absolute Gasteiger partial charge is 0.339 e. The Morgan fingerprint density at radius 1 is 0.821 bits per heavy atom. The molecule has 0 saturated heterocycles. The van der Waals surface area contributed by atoms with Crippen molar-refractivity contribution >= 4 is 28.1 Å². The van der Waals surface area contributed by atoms with Gasteiger partial charge < -0.3 is 4.57 Å². The van der Waals surface area contributed by atoms with Crippen LogP contribution in [0, 0.1) is 13.8 Å². The Labute approximate surface area is 164 Å². The maximum absolute atomic E-state index is 13.3. The van der Waals surface area contributed by atoms with Crippen molar-refractivity contribution in [3.63, 3.8) is 0 Å². The third kappa shape index (κ3) is 3.25. The van der Waals surface area contributed by atoms with Crippen LogP contribution in [0.3, 0.4) is 0 Å². The van der Waals surface area contributed by atoms with Gasteiger partial charge in [-0.25, -0.2) is 0 Å². The van der Waals surface area contributed by atoms with Crippen molar-refractivity contribution < 1.29 is 4.79 Å². The minimum atomic E-state index is -0.0604. The maximum atomic E-state index is 13.3. The summed E-state index contributed by atoms with van der Waals surface area (Å²) in [6.45, 7) is 4.07. The summed E-state index contributed by atoms with van der Waals surface area (Å²) in [7, 11) is 1.90. The number of hydrogen-bond donors (Lipinski definition) is 0. The van der Waals surface area contributed by atoms with Crippen LogP contribution < -0.4 is 0 Å². The molecule has 0 amide bonds. The van der Waals surface area contributed by atoms with Crippen molar-refractivity contribution in [3.05, 3.63) is 95.2 Å². The van der Waals surface area contributed by atoms with Crippen LogP contribution in [0.4, 0.5) is 11.4 Å². The first-order valence-electron chi connectivity index (χ1n) is 9.22. The average Bonchev–Trinajstić information content (AvgIpc) is 2.98. The monoisotopic (exact) mass is 367 g/mol. The van der Waals surface area contributed by atoms with E-state index in [-0.39, 0.29) is 5.78 Å². The maximum Gasteiger partial charge on any atom is 0.211 e. The molecule has 1 aromatic heterocycles. The number of carbonyl (C=O) groups is 1. The lowest BCUT2D eigenvalue weighted by Crippen LogP contribution is -2.07. The van der Waals surface area contributed by atoms with Crippen LogP contribution in [-0.2, 0) is 7.05 Å². The zero-order valence-electron chi connectivity index (χ0n) is 16.2. The number of benzene rings is 3.